The van der Waals surface area contributed by atoms with Crippen molar-refractivity contribution in [3.05, 3.63) is 76.2 Å². The number of benzene rings is 2. The fourth-order valence-electron chi connectivity index (χ4n) is 2.15. The van der Waals surface area contributed by atoms with Gasteiger partial charge in [-0.05, 0) is 30.7 Å². The van der Waals surface area contributed by atoms with Crippen molar-refractivity contribution in [2.75, 3.05) is 10.6 Å². The van der Waals surface area contributed by atoms with Crippen LogP contribution in [0.2, 0.25) is 10.0 Å². The molecule has 3 rings (SSSR count). The lowest BCUT2D eigenvalue weighted by Crippen LogP contribution is -2.15. The van der Waals surface area contributed by atoms with E-state index < -0.39 is 0 Å². The number of aromatic nitrogens is 2. The van der Waals surface area contributed by atoms with E-state index in [1.54, 1.807) is 18.2 Å². The van der Waals surface area contributed by atoms with Gasteiger partial charge in [0.15, 0.2) is 0 Å². The van der Waals surface area contributed by atoms with Crippen LogP contribution < -0.4 is 10.6 Å². The number of nitrogens with zero attached hydrogens (tertiary/aromatic N) is 2. The lowest BCUT2D eigenvalue weighted by atomic mass is 10.2. The highest BCUT2D eigenvalue weighted by Gasteiger charge is 2.11. The molecule has 1 heterocycles. The predicted octanol–water partition coefficient (Wildman–Crippen LogP) is 5.09. The molecule has 0 saturated carbocycles. The summed E-state index contributed by atoms with van der Waals surface area (Å²) in [5.74, 6) is 0.103. The molecule has 3 aromatic rings. The van der Waals surface area contributed by atoms with Crippen molar-refractivity contribution >= 4 is 46.3 Å². The lowest BCUT2D eigenvalue weighted by Gasteiger charge is -2.10. The molecule has 2 N–H and O–H groups in total. The summed E-state index contributed by atoms with van der Waals surface area (Å²) in [7, 11) is 0. The zero-order chi connectivity index (χ0) is 17.8. The molecule has 0 unspecified atom stereocenters. The van der Waals surface area contributed by atoms with Gasteiger partial charge >= 0.3 is 0 Å². The van der Waals surface area contributed by atoms with E-state index in [0.29, 0.717) is 21.6 Å². The molecule has 126 valence electrons. The van der Waals surface area contributed by atoms with Crippen molar-refractivity contribution in [1.82, 2.24) is 9.97 Å². The van der Waals surface area contributed by atoms with Crippen LogP contribution in [0.1, 0.15) is 16.1 Å². The number of aryl methyl sites for hydroxylation is 1. The first-order valence-corrected chi connectivity index (χ1v) is 8.20. The molecular formula is C18H14Cl2N4O. The average Bonchev–Trinajstić information content (AvgIpc) is 2.61. The highest BCUT2D eigenvalue weighted by atomic mass is 35.5. The van der Waals surface area contributed by atoms with Gasteiger partial charge in [-0.25, -0.2) is 9.97 Å². The fraction of sp³-hybridized carbons (Fsp3) is 0.0556. The summed E-state index contributed by atoms with van der Waals surface area (Å²) >= 11 is 12.2. The Morgan fingerprint density at radius 3 is 2.32 bits per heavy atom. The molecule has 0 radical (unpaired) electrons. The first kappa shape index (κ1) is 17.2. The van der Waals surface area contributed by atoms with Crippen LogP contribution in [-0.2, 0) is 0 Å². The van der Waals surface area contributed by atoms with Crippen molar-refractivity contribution in [2.24, 2.45) is 0 Å². The second kappa shape index (κ2) is 7.51. The Kier molecular flexibility index (Phi) is 5.16. The van der Waals surface area contributed by atoms with Crippen LogP contribution in [-0.4, -0.2) is 15.9 Å². The monoisotopic (exact) mass is 372 g/mol. The Hall–Kier alpha value is -2.63. The zero-order valence-electron chi connectivity index (χ0n) is 13.3. The molecular weight excluding hydrogens is 359 g/mol. The van der Waals surface area contributed by atoms with Gasteiger partial charge in [-0.15, -0.1) is 0 Å². The van der Waals surface area contributed by atoms with Crippen LogP contribution in [0.5, 0.6) is 0 Å². The van der Waals surface area contributed by atoms with Gasteiger partial charge in [0.1, 0.15) is 11.5 Å². The second-order valence-corrected chi connectivity index (χ2v) is 6.09. The van der Waals surface area contributed by atoms with Crippen LogP contribution in [0.3, 0.4) is 0 Å². The van der Waals surface area contributed by atoms with Gasteiger partial charge in [-0.1, -0.05) is 47.5 Å². The summed E-state index contributed by atoms with van der Waals surface area (Å²) < 4.78 is 0. The molecule has 0 saturated heterocycles. The lowest BCUT2D eigenvalue weighted by molar-refractivity contribution is 0.102. The normalized spacial score (nSPS) is 10.4. The molecule has 2 aromatic carbocycles. The topological polar surface area (TPSA) is 66.9 Å². The molecule has 0 atom stereocenters. The van der Waals surface area contributed by atoms with Crippen molar-refractivity contribution < 1.29 is 4.79 Å². The average molecular weight is 373 g/mol. The predicted molar refractivity (Wildman–Crippen MR) is 101 cm³/mol. The number of para-hydroxylation sites is 2. The van der Waals surface area contributed by atoms with Gasteiger partial charge < -0.3 is 10.6 Å². The second-order valence-electron chi connectivity index (χ2n) is 5.28. The van der Waals surface area contributed by atoms with Crippen LogP contribution in [0.4, 0.5) is 17.2 Å². The third kappa shape index (κ3) is 4.07. The smallest absolute Gasteiger partial charge is 0.275 e. The van der Waals surface area contributed by atoms with Gasteiger partial charge in [0, 0.05) is 5.69 Å². The van der Waals surface area contributed by atoms with E-state index in [1.165, 1.54) is 12.4 Å². The molecule has 1 amide bonds. The van der Waals surface area contributed by atoms with E-state index in [9.17, 15) is 4.79 Å². The molecule has 0 aliphatic carbocycles. The maximum atomic E-state index is 12.3. The number of carbonyl (C=O) groups is 1. The summed E-state index contributed by atoms with van der Waals surface area (Å²) in [6.45, 7) is 1.92. The van der Waals surface area contributed by atoms with Crippen LogP contribution >= 0.6 is 23.2 Å². The third-order valence-electron chi connectivity index (χ3n) is 3.49. The first-order chi connectivity index (χ1) is 12.0. The quantitative estimate of drug-likeness (QED) is 0.669. The van der Waals surface area contributed by atoms with E-state index in [0.717, 1.165) is 11.3 Å². The summed E-state index contributed by atoms with van der Waals surface area (Å²) in [5.41, 5.74) is 2.45. The van der Waals surface area contributed by atoms with Crippen molar-refractivity contribution in [2.45, 2.75) is 6.92 Å². The van der Waals surface area contributed by atoms with E-state index >= 15 is 0 Å². The number of carbonyl (C=O) groups excluding carboxylic acids is 1. The van der Waals surface area contributed by atoms with Gasteiger partial charge in [-0.3, -0.25) is 4.79 Å². The summed E-state index contributed by atoms with van der Waals surface area (Å²) in [4.78, 5) is 20.6. The Labute approximate surface area is 155 Å². The zero-order valence-corrected chi connectivity index (χ0v) is 14.8. The Balaban J connectivity index is 1.74. The Bertz CT molecular complexity index is 893. The molecule has 7 heteroatoms. The summed E-state index contributed by atoms with van der Waals surface area (Å²) in [6, 6.07) is 12.7. The number of amides is 1. The molecule has 0 bridgehead atoms. The fourth-order valence-corrected chi connectivity index (χ4v) is 2.65. The van der Waals surface area contributed by atoms with Gasteiger partial charge in [0.25, 0.3) is 5.91 Å². The minimum atomic E-state index is -0.330. The minimum Gasteiger partial charge on any atom is -0.337 e. The number of hydrogen-bond donors (Lipinski definition) is 2. The number of rotatable bonds is 4. The van der Waals surface area contributed by atoms with Crippen LogP contribution in [0.25, 0.3) is 0 Å². The molecule has 5 nitrogen and oxygen atoms in total. The standard InChI is InChI=1S/C18H14Cl2N4O/c1-11-5-2-3-8-14(11)23-18(25)15-9-22-16(10-21-15)24-17-12(19)6-4-7-13(17)20/h2-10H,1H3,(H,22,24)(H,23,25). The molecule has 25 heavy (non-hydrogen) atoms. The van der Waals surface area contributed by atoms with E-state index in [1.807, 2.05) is 31.2 Å². The van der Waals surface area contributed by atoms with Gasteiger partial charge in [0.2, 0.25) is 0 Å². The highest BCUT2D eigenvalue weighted by molar-refractivity contribution is 6.39. The number of halogens is 2. The first-order valence-electron chi connectivity index (χ1n) is 7.44. The summed E-state index contributed by atoms with van der Waals surface area (Å²) in [6.07, 6.45) is 2.84. The van der Waals surface area contributed by atoms with E-state index in [-0.39, 0.29) is 11.6 Å². The largest absolute Gasteiger partial charge is 0.337 e. The number of hydrogen-bond acceptors (Lipinski definition) is 4. The number of anilines is 3. The highest BCUT2D eigenvalue weighted by Crippen LogP contribution is 2.31. The van der Waals surface area contributed by atoms with Crippen molar-refractivity contribution in [3.8, 4) is 0 Å². The van der Waals surface area contributed by atoms with Crippen LogP contribution in [0, 0.1) is 6.92 Å². The molecule has 1 aromatic heterocycles. The maximum absolute atomic E-state index is 12.3. The summed E-state index contributed by atoms with van der Waals surface area (Å²) in [5, 5.41) is 6.74. The molecule has 0 aliphatic heterocycles. The van der Waals surface area contributed by atoms with Crippen LogP contribution in [0.15, 0.2) is 54.9 Å². The minimum absolute atomic E-state index is 0.207. The van der Waals surface area contributed by atoms with E-state index in [2.05, 4.69) is 20.6 Å². The van der Waals surface area contributed by atoms with Gasteiger partial charge in [0.05, 0.1) is 28.1 Å². The third-order valence-corrected chi connectivity index (χ3v) is 4.12. The Morgan fingerprint density at radius 1 is 0.960 bits per heavy atom. The maximum Gasteiger partial charge on any atom is 0.275 e. The van der Waals surface area contributed by atoms with E-state index in [4.69, 9.17) is 23.2 Å². The van der Waals surface area contributed by atoms with Crippen molar-refractivity contribution in [3.63, 3.8) is 0 Å². The Morgan fingerprint density at radius 2 is 1.68 bits per heavy atom. The van der Waals surface area contributed by atoms with Gasteiger partial charge in [-0.2, -0.15) is 0 Å². The number of nitrogens with one attached hydrogen (secondary N) is 2. The molecule has 0 aliphatic rings. The van der Waals surface area contributed by atoms with Crippen molar-refractivity contribution in [1.29, 1.82) is 0 Å². The SMILES string of the molecule is Cc1ccccc1NC(=O)c1cnc(Nc2c(Cl)cccc2Cl)cn1. The molecule has 0 spiro atoms. The molecule has 0 fully saturated rings.